The minimum Gasteiger partial charge on any atom is -0.456 e. The summed E-state index contributed by atoms with van der Waals surface area (Å²) in [5.74, 6) is 2.17. The van der Waals surface area contributed by atoms with Gasteiger partial charge in [0.2, 0.25) is 0 Å². The average molecular weight is 898 g/mol. The van der Waals surface area contributed by atoms with Crippen molar-refractivity contribution in [3.8, 4) is 56.7 Å². The fourth-order valence-corrected chi connectivity index (χ4v) is 10.9. The number of aromatic nitrogens is 5. The van der Waals surface area contributed by atoms with E-state index < -0.39 is 0 Å². The highest BCUT2D eigenvalue weighted by atomic mass is 16.3. The zero-order chi connectivity index (χ0) is 46.3. The molecule has 330 valence electrons. The summed E-state index contributed by atoms with van der Waals surface area (Å²) in [4.78, 5) is 15.0. The van der Waals surface area contributed by atoms with E-state index in [1.165, 1.54) is 60.8 Å². The molecular weight excluding hydrogens is 855 g/mol. The van der Waals surface area contributed by atoms with Crippen LogP contribution in [0.15, 0.2) is 223 Å². The topological polar surface area (TPSA) is 61.7 Å². The third kappa shape index (κ3) is 6.52. The lowest BCUT2D eigenvalue weighted by atomic mass is 9.83. The monoisotopic (exact) mass is 897 g/mol. The molecule has 0 aliphatic heterocycles. The van der Waals surface area contributed by atoms with Crippen LogP contribution in [0.3, 0.4) is 0 Å². The first kappa shape index (κ1) is 40.0. The van der Waals surface area contributed by atoms with Gasteiger partial charge in [-0.2, -0.15) is 0 Å². The van der Waals surface area contributed by atoms with Gasteiger partial charge in [0, 0.05) is 66.3 Å². The Balaban J connectivity index is 0.886. The normalized spacial score (nSPS) is 13.7. The summed E-state index contributed by atoms with van der Waals surface area (Å²) < 4.78 is 11.4. The van der Waals surface area contributed by atoms with Crippen molar-refractivity contribution in [3.63, 3.8) is 0 Å². The number of benzene rings is 9. The molecule has 1 aliphatic carbocycles. The van der Waals surface area contributed by atoms with Crippen molar-refractivity contribution in [2.45, 2.75) is 13.3 Å². The van der Waals surface area contributed by atoms with Crippen molar-refractivity contribution in [3.05, 3.63) is 235 Å². The second kappa shape index (κ2) is 16.0. The molecule has 0 N–H and O–H groups in total. The summed E-state index contributed by atoms with van der Waals surface area (Å²) in [6, 6.07) is 77.3. The maximum atomic E-state index is 6.48. The fourth-order valence-electron chi connectivity index (χ4n) is 10.9. The number of para-hydroxylation sites is 3. The predicted molar refractivity (Wildman–Crippen MR) is 287 cm³/mol. The second-order valence-corrected chi connectivity index (χ2v) is 18.5. The fraction of sp³-hybridized carbons (Fsp3) is 0.0469. The Labute approximate surface area is 404 Å². The molecular formula is C64H43N5O. The zero-order valence-electron chi connectivity index (χ0n) is 38.3. The molecule has 14 rings (SSSR count). The lowest BCUT2D eigenvalue weighted by molar-refractivity contribution is 0.669. The van der Waals surface area contributed by atoms with Crippen LogP contribution in [0.5, 0.6) is 0 Å². The van der Waals surface area contributed by atoms with Gasteiger partial charge in [-0.25, -0.2) is 15.0 Å². The number of rotatable bonds is 7. The van der Waals surface area contributed by atoms with Crippen LogP contribution < -0.4 is 0 Å². The molecule has 6 nitrogen and oxygen atoms in total. The van der Waals surface area contributed by atoms with Crippen molar-refractivity contribution >= 4 is 66.3 Å². The second-order valence-electron chi connectivity index (χ2n) is 18.5. The van der Waals surface area contributed by atoms with Crippen LogP contribution in [-0.4, -0.2) is 24.1 Å². The molecule has 0 amide bonds. The lowest BCUT2D eigenvalue weighted by Crippen LogP contribution is -2.12. The van der Waals surface area contributed by atoms with Gasteiger partial charge in [-0.05, 0) is 120 Å². The number of nitrogens with zero attached hydrogens (tertiary/aromatic N) is 5. The predicted octanol–water partition coefficient (Wildman–Crippen LogP) is 16.2. The zero-order valence-corrected chi connectivity index (χ0v) is 38.3. The van der Waals surface area contributed by atoms with Crippen molar-refractivity contribution in [1.29, 1.82) is 0 Å². The maximum absolute atomic E-state index is 6.48. The number of allylic oxidation sites excluding steroid dienone is 1. The SMILES string of the molecule is CC1Cc2c(c3ccc(-c4ccc5oc6ccc(-c7nc(-c8ccccc8)nc(-c8ccccc8)n7)cc6c5c4)cc3n2-c2ccccc2)C=C1c1ccc2c(c1)c1ccccc1n2-c1ccccc1. The molecule has 0 saturated heterocycles. The van der Waals surface area contributed by atoms with Crippen LogP contribution in [0, 0.1) is 5.92 Å². The standard InChI is InChI=1S/C64H43N5O/c1-40-34-58-53(39-51(40)45-27-31-57-52(36-45)49-24-14-15-25-56(49)68(57)47-20-10-4-11-21-47)50-30-26-44(38-59(50)69(58)48-22-12-5-13-23-48)43-28-32-60-54(35-43)55-37-46(29-33-61(55)70-60)64-66-62(41-16-6-2-7-17-41)65-63(67-64)42-18-8-3-9-19-42/h2-33,35-40H,34H2,1H3. The van der Waals surface area contributed by atoms with Gasteiger partial charge in [0.25, 0.3) is 0 Å². The van der Waals surface area contributed by atoms with Gasteiger partial charge < -0.3 is 13.6 Å². The average Bonchev–Trinajstić information content (AvgIpc) is 4.07. The Morgan fingerprint density at radius 2 is 0.886 bits per heavy atom. The van der Waals surface area contributed by atoms with E-state index in [1.807, 2.05) is 72.8 Å². The van der Waals surface area contributed by atoms with Gasteiger partial charge in [-0.15, -0.1) is 0 Å². The van der Waals surface area contributed by atoms with Crippen molar-refractivity contribution < 1.29 is 4.42 Å². The van der Waals surface area contributed by atoms with E-state index in [9.17, 15) is 0 Å². The Morgan fingerprint density at radius 3 is 1.56 bits per heavy atom. The first-order valence-electron chi connectivity index (χ1n) is 24.0. The highest BCUT2D eigenvalue weighted by Crippen LogP contribution is 2.44. The molecule has 0 bridgehead atoms. The smallest absolute Gasteiger partial charge is 0.164 e. The molecule has 0 spiro atoms. The summed E-state index contributed by atoms with van der Waals surface area (Å²) in [5, 5.41) is 5.83. The van der Waals surface area contributed by atoms with Crippen LogP contribution >= 0.6 is 0 Å². The molecule has 70 heavy (non-hydrogen) atoms. The quantitative estimate of drug-likeness (QED) is 0.160. The first-order chi connectivity index (χ1) is 34.6. The van der Waals surface area contributed by atoms with Gasteiger partial charge in [0.15, 0.2) is 17.5 Å². The highest BCUT2D eigenvalue weighted by molar-refractivity contribution is 6.11. The van der Waals surface area contributed by atoms with Crippen LogP contribution in [-0.2, 0) is 6.42 Å². The van der Waals surface area contributed by atoms with Gasteiger partial charge in [-0.1, -0.05) is 146 Å². The van der Waals surface area contributed by atoms with Crippen molar-refractivity contribution in [2.75, 3.05) is 0 Å². The molecule has 0 saturated carbocycles. The van der Waals surface area contributed by atoms with Gasteiger partial charge in [0.05, 0.1) is 16.6 Å². The minimum absolute atomic E-state index is 0.299. The molecule has 0 fully saturated rings. The summed E-state index contributed by atoms with van der Waals surface area (Å²) in [7, 11) is 0. The minimum atomic E-state index is 0.299. The Hall–Kier alpha value is -9.13. The van der Waals surface area contributed by atoms with Crippen molar-refractivity contribution in [1.82, 2.24) is 24.1 Å². The Kier molecular flexibility index (Phi) is 9.14. The first-order valence-corrected chi connectivity index (χ1v) is 24.0. The highest BCUT2D eigenvalue weighted by Gasteiger charge is 2.27. The van der Waals surface area contributed by atoms with Crippen LogP contribution in [0.25, 0.3) is 123 Å². The Morgan fingerprint density at radius 1 is 0.386 bits per heavy atom. The summed E-state index contributed by atoms with van der Waals surface area (Å²) in [5.41, 5.74) is 17.9. The number of hydrogen-bond acceptors (Lipinski definition) is 4. The molecule has 4 aromatic heterocycles. The van der Waals surface area contributed by atoms with E-state index in [4.69, 9.17) is 19.4 Å². The van der Waals surface area contributed by atoms with Gasteiger partial charge in [0.1, 0.15) is 11.2 Å². The van der Waals surface area contributed by atoms with Crippen molar-refractivity contribution in [2.24, 2.45) is 5.92 Å². The summed E-state index contributed by atoms with van der Waals surface area (Å²) >= 11 is 0. The number of fused-ring (bicyclic) bond motifs is 9. The molecule has 4 heterocycles. The molecule has 1 unspecified atom stereocenters. The van der Waals surface area contributed by atoms with E-state index in [-0.39, 0.29) is 0 Å². The third-order valence-corrected chi connectivity index (χ3v) is 14.2. The summed E-state index contributed by atoms with van der Waals surface area (Å²) in [6.07, 6.45) is 3.39. The van der Waals surface area contributed by atoms with E-state index in [1.54, 1.807) is 0 Å². The van der Waals surface area contributed by atoms with Crippen LogP contribution in [0.4, 0.5) is 0 Å². The molecule has 13 aromatic rings. The van der Waals surface area contributed by atoms with Crippen LogP contribution in [0.2, 0.25) is 0 Å². The Bertz CT molecular complexity index is 4150. The molecule has 1 atom stereocenters. The van der Waals surface area contributed by atoms with Crippen LogP contribution in [0.1, 0.15) is 23.7 Å². The third-order valence-electron chi connectivity index (χ3n) is 14.2. The van der Waals surface area contributed by atoms with E-state index in [2.05, 4.69) is 168 Å². The largest absolute Gasteiger partial charge is 0.456 e. The van der Waals surface area contributed by atoms with Gasteiger partial charge >= 0.3 is 0 Å². The van der Waals surface area contributed by atoms with E-state index in [0.717, 1.165) is 61.9 Å². The van der Waals surface area contributed by atoms with E-state index in [0.29, 0.717) is 23.4 Å². The number of hydrogen-bond donors (Lipinski definition) is 0. The van der Waals surface area contributed by atoms with Gasteiger partial charge in [-0.3, -0.25) is 0 Å². The van der Waals surface area contributed by atoms with E-state index >= 15 is 0 Å². The molecule has 1 aliphatic rings. The lowest BCUT2D eigenvalue weighted by Gasteiger charge is -2.24. The molecule has 0 radical (unpaired) electrons. The summed E-state index contributed by atoms with van der Waals surface area (Å²) in [6.45, 7) is 2.38. The number of furan rings is 1. The maximum Gasteiger partial charge on any atom is 0.164 e. The molecule has 6 heteroatoms. The molecule has 9 aromatic carbocycles.